The maximum Gasteiger partial charge on any atom is 0.224 e. The van der Waals surface area contributed by atoms with Crippen LogP contribution in [0.2, 0.25) is 0 Å². The molecular formula is C19H18N6OS. The fourth-order valence-electron chi connectivity index (χ4n) is 3.31. The van der Waals surface area contributed by atoms with Gasteiger partial charge in [0.1, 0.15) is 0 Å². The number of morpholine rings is 1. The number of thiophene rings is 1. The molecule has 2 N–H and O–H groups in total. The van der Waals surface area contributed by atoms with Crippen LogP contribution in [-0.2, 0) is 4.74 Å². The van der Waals surface area contributed by atoms with E-state index < -0.39 is 0 Å². The van der Waals surface area contributed by atoms with E-state index in [1.165, 1.54) is 15.6 Å². The zero-order chi connectivity index (χ0) is 18.4. The summed E-state index contributed by atoms with van der Waals surface area (Å²) >= 11 is 1.71. The van der Waals surface area contributed by atoms with Crippen molar-refractivity contribution in [2.45, 2.75) is 6.92 Å². The Balaban J connectivity index is 1.65. The van der Waals surface area contributed by atoms with Crippen LogP contribution in [-0.4, -0.2) is 46.2 Å². The van der Waals surface area contributed by atoms with Gasteiger partial charge in [-0.2, -0.15) is 9.97 Å². The van der Waals surface area contributed by atoms with E-state index in [2.05, 4.69) is 51.0 Å². The van der Waals surface area contributed by atoms with E-state index in [0.29, 0.717) is 24.4 Å². The Labute approximate surface area is 159 Å². The molecule has 1 aliphatic rings. The number of nitrogens with two attached hydrogens (primary N) is 1. The van der Waals surface area contributed by atoms with Crippen molar-refractivity contribution in [1.29, 1.82) is 0 Å². The van der Waals surface area contributed by atoms with Crippen LogP contribution in [0.25, 0.3) is 31.8 Å². The van der Waals surface area contributed by atoms with E-state index in [1.807, 2.05) is 0 Å². The van der Waals surface area contributed by atoms with Crippen molar-refractivity contribution in [3.63, 3.8) is 0 Å². The predicted molar refractivity (Wildman–Crippen MR) is 108 cm³/mol. The van der Waals surface area contributed by atoms with Crippen molar-refractivity contribution < 1.29 is 4.74 Å². The molecule has 1 fully saturated rings. The van der Waals surface area contributed by atoms with Gasteiger partial charge in [0.15, 0.2) is 17.0 Å². The lowest BCUT2D eigenvalue weighted by atomic mass is 10.2. The lowest BCUT2D eigenvalue weighted by Gasteiger charge is -2.28. The van der Waals surface area contributed by atoms with Crippen LogP contribution < -0.4 is 10.6 Å². The number of aromatic nitrogens is 4. The first-order valence-electron chi connectivity index (χ1n) is 8.81. The number of aryl methyl sites for hydroxylation is 1. The van der Waals surface area contributed by atoms with E-state index in [-0.39, 0.29) is 5.95 Å². The first kappa shape index (κ1) is 16.3. The van der Waals surface area contributed by atoms with E-state index in [4.69, 9.17) is 15.5 Å². The Morgan fingerprint density at radius 3 is 2.81 bits per heavy atom. The molecule has 0 aliphatic carbocycles. The number of hydrogen-bond donors (Lipinski definition) is 1. The highest BCUT2D eigenvalue weighted by molar-refractivity contribution is 7.22. The third-order valence-electron chi connectivity index (χ3n) is 4.64. The Bertz CT molecular complexity index is 1150. The third-order valence-corrected chi connectivity index (χ3v) is 5.78. The topological polar surface area (TPSA) is 90.0 Å². The van der Waals surface area contributed by atoms with Gasteiger partial charge in [0.2, 0.25) is 5.95 Å². The Morgan fingerprint density at radius 1 is 1.11 bits per heavy atom. The summed E-state index contributed by atoms with van der Waals surface area (Å²) in [5, 5.41) is 1.22. The SMILES string of the molecule is Cc1ccc2sc(-c3cnc4nc(N)nc(N5CCOCC5)c4n3)cc2c1. The average Bonchev–Trinajstić information content (AvgIpc) is 3.11. The number of benzene rings is 1. The van der Waals surface area contributed by atoms with Crippen molar-refractivity contribution in [2.24, 2.45) is 0 Å². The minimum atomic E-state index is 0.211. The van der Waals surface area contributed by atoms with Gasteiger partial charge < -0.3 is 15.4 Å². The summed E-state index contributed by atoms with van der Waals surface area (Å²) in [5.41, 5.74) is 9.16. The molecule has 0 bridgehead atoms. The van der Waals surface area contributed by atoms with E-state index in [1.54, 1.807) is 17.5 Å². The fraction of sp³-hybridized carbons (Fsp3) is 0.263. The number of nitrogens with zero attached hydrogens (tertiary/aromatic N) is 5. The summed E-state index contributed by atoms with van der Waals surface area (Å²) < 4.78 is 6.68. The molecule has 3 aromatic heterocycles. The third kappa shape index (κ3) is 2.96. The normalized spacial score (nSPS) is 14.9. The summed E-state index contributed by atoms with van der Waals surface area (Å²) in [6.45, 7) is 4.92. The summed E-state index contributed by atoms with van der Waals surface area (Å²) in [7, 11) is 0. The molecule has 5 rings (SSSR count). The van der Waals surface area contributed by atoms with Gasteiger partial charge in [0.25, 0.3) is 0 Å². The maximum absolute atomic E-state index is 5.90. The Morgan fingerprint density at radius 2 is 1.96 bits per heavy atom. The van der Waals surface area contributed by atoms with Crippen LogP contribution in [0.4, 0.5) is 11.8 Å². The van der Waals surface area contributed by atoms with Crippen molar-refractivity contribution in [3.05, 3.63) is 36.0 Å². The smallest absolute Gasteiger partial charge is 0.224 e. The van der Waals surface area contributed by atoms with Gasteiger partial charge >= 0.3 is 0 Å². The van der Waals surface area contributed by atoms with Gasteiger partial charge in [0.05, 0.1) is 30.0 Å². The minimum absolute atomic E-state index is 0.211. The first-order valence-corrected chi connectivity index (χ1v) is 9.62. The number of anilines is 2. The second-order valence-corrected chi connectivity index (χ2v) is 7.67. The van der Waals surface area contributed by atoms with Crippen molar-refractivity contribution in [2.75, 3.05) is 36.9 Å². The van der Waals surface area contributed by atoms with Crippen LogP contribution in [0.3, 0.4) is 0 Å². The molecule has 0 radical (unpaired) electrons. The Hall–Kier alpha value is -2.84. The zero-order valence-corrected chi connectivity index (χ0v) is 15.7. The van der Waals surface area contributed by atoms with E-state index in [9.17, 15) is 0 Å². The van der Waals surface area contributed by atoms with Crippen LogP contribution in [0.15, 0.2) is 30.5 Å². The molecule has 0 unspecified atom stereocenters. The van der Waals surface area contributed by atoms with Gasteiger partial charge in [-0.3, -0.25) is 0 Å². The van der Waals surface area contributed by atoms with Gasteiger partial charge in [-0.1, -0.05) is 17.7 Å². The van der Waals surface area contributed by atoms with E-state index >= 15 is 0 Å². The molecule has 4 heterocycles. The summed E-state index contributed by atoms with van der Waals surface area (Å²) in [5.74, 6) is 0.940. The van der Waals surface area contributed by atoms with Crippen molar-refractivity contribution in [1.82, 2.24) is 19.9 Å². The molecule has 1 aliphatic heterocycles. The monoisotopic (exact) mass is 378 g/mol. The molecule has 0 saturated carbocycles. The standard InChI is InChI=1S/C19H18N6OS/c1-11-2-3-14-12(8-11)9-15(27-14)13-10-21-17-16(22-13)18(24-19(20)23-17)25-4-6-26-7-5-25/h2-3,8-10H,4-7H2,1H3,(H2,20,21,23,24). The molecular weight excluding hydrogens is 360 g/mol. The molecule has 7 nitrogen and oxygen atoms in total. The average molecular weight is 378 g/mol. The van der Waals surface area contributed by atoms with Crippen LogP contribution in [0.5, 0.6) is 0 Å². The molecule has 27 heavy (non-hydrogen) atoms. The largest absolute Gasteiger partial charge is 0.378 e. The zero-order valence-electron chi connectivity index (χ0n) is 14.8. The van der Waals surface area contributed by atoms with Crippen molar-refractivity contribution >= 4 is 44.4 Å². The lowest BCUT2D eigenvalue weighted by Crippen LogP contribution is -2.37. The summed E-state index contributed by atoms with van der Waals surface area (Å²) in [6.07, 6.45) is 1.76. The molecule has 8 heteroatoms. The quantitative estimate of drug-likeness (QED) is 0.573. The molecule has 0 amide bonds. The maximum atomic E-state index is 5.90. The number of ether oxygens (including phenoxy) is 1. The summed E-state index contributed by atoms with van der Waals surface area (Å²) in [4.78, 5) is 21.3. The number of nitrogen functional groups attached to an aromatic ring is 1. The molecule has 1 saturated heterocycles. The molecule has 0 spiro atoms. The van der Waals surface area contributed by atoms with Crippen molar-refractivity contribution in [3.8, 4) is 10.6 Å². The second-order valence-electron chi connectivity index (χ2n) is 6.58. The highest BCUT2D eigenvalue weighted by atomic mass is 32.1. The van der Waals surface area contributed by atoms with Crippen LogP contribution in [0.1, 0.15) is 5.56 Å². The second kappa shape index (κ2) is 6.40. The van der Waals surface area contributed by atoms with E-state index in [0.717, 1.165) is 29.5 Å². The summed E-state index contributed by atoms with van der Waals surface area (Å²) in [6, 6.07) is 8.63. The van der Waals surface area contributed by atoms with Gasteiger partial charge in [0, 0.05) is 17.8 Å². The van der Waals surface area contributed by atoms with Crippen LogP contribution >= 0.6 is 11.3 Å². The lowest BCUT2D eigenvalue weighted by molar-refractivity contribution is 0.122. The number of fused-ring (bicyclic) bond motifs is 2. The van der Waals surface area contributed by atoms with Crippen LogP contribution in [0, 0.1) is 6.92 Å². The molecule has 4 aromatic rings. The molecule has 1 aromatic carbocycles. The van der Waals surface area contributed by atoms with Gasteiger partial charge in [-0.15, -0.1) is 11.3 Å². The minimum Gasteiger partial charge on any atom is -0.378 e. The number of hydrogen-bond acceptors (Lipinski definition) is 8. The van der Waals surface area contributed by atoms with Gasteiger partial charge in [-0.05, 0) is 24.4 Å². The highest BCUT2D eigenvalue weighted by Gasteiger charge is 2.19. The highest BCUT2D eigenvalue weighted by Crippen LogP contribution is 2.34. The Kier molecular flexibility index (Phi) is 3.87. The predicted octanol–water partition coefficient (Wildman–Crippen LogP) is 3.03. The molecule has 136 valence electrons. The van der Waals surface area contributed by atoms with Gasteiger partial charge in [-0.25, -0.2) is 9.97 Å². The fourth-order valence-corrected chi connectivity index (χ4v) is 4.31. The molecule has 0 atom stereocenters. The first-order chi connectivity index (χ1) is 13.2. The number of rotatable bonds is 2.